The zero-order valence-corrected chi connectivity index (χ0v) is 13.5. The van der Waals surface area contributed by atoms with Gasteiger partial charge in [0.25, 0.3) is 5.91 Å². The maximum Gasteiger partial charge on any atom is 0.294 e. The van der Waals surface area contributed by atoms with Crippen LogP contribution in [0.25, 0.3) is 11.0 Å². The molecule has 2 aromatic heterocycles. The fourth-order valence-corrected chi connectivity index (χ4v) is 2.78. The van der Waals surface area contributed by atoms with Crippen molar-refractivity contribution >= 4 is 22.6 Å². The van der Waals surface area contributed by atoms with Gasteiger partial charge in [0.05, 0.1) is 6.54 Å². The van der Waals surface area contributed by atoms with E-state index in [2.05, 4.69) is 4.98 Å². The summed E-state index contributed by atoms with van der Waals surface area (Å²) in [6.45, 7) is 0.447. The van der Waals surface area contributed by atoms with Crippen LogP contribution in [-0.2, 0) is 6.54 Å². The number of fused-ring (bicyclic) bond motifs is 1. The number of furan rings is 1. The first kappa shape index (κ1) is 15.1. The highest BCUT2D eigenvalue weighted by molar-refractivity contribution is 6.06. The number of para-hydroxylation sites is 2. The molecule has 0 unspecified atom stereocenters. The first-order valence-electron chi connectivity index (χ1n) is 8.06. The van der Waals surface area contributed by atoms with Crippen molar-refractivity contribution in [3.63, 3.8) is 0 Å². The smallest absolute Gasteiger partial charge is 0.294 e. The van der Waals surface area contributed by atoms with Gasteiger partial charge in [-0.2, -0.15) is 0 Å². The van der Waals surface area contributed by atoms with Crippen LogP contribution in [0.3, 0.4) is 0 Å². The molecule has 0 bridgehead atoms. The third kappa shape index (κ3) is 3.15. The molecule has 122 valence electrons. The summed E-state index contributed by atoms with van der Waals surface area (Å²) in [6.07, 6.45) is 3.45. The number of aromatic nitrogens is 1. The van der Waals surface area contributed by atoms with Crippen molar-refractivity contribution in [2.75, 3.05) is 4.90 Å². The molecule has 25 heavy (non-hydrogen) atoms. The van der Waals surface area contributed by atoms with Gasteiger partial charge < -0.3 is 9.32 Å². The molecule has 0 aliphatic carbocycles. The van der Waals surface area contributed by atoms with Crippen molar-refractivity contribution in [2.45, 2.75) is 6.54 Å². The van der Waals surface area contributed by atoms with Gasteiger partial charge in [0, 0.05) is 23.5 Å². The number of carbonyl (C=O) groups excluding carboxylic acids is 1. The van der Waals surface area contributed by atoms with Gasteiger partial charge >= 0.3 is 0 Å². The zero-order chi connectivity index (χ0) is 17.1. The van der Waals surface area contributed by atoms with Crippen LogP contribution in [0.1, 0.15) is 16.1 Å². The maximum atomic E-state index is 13.1. The van der Waals surface area contributed by atoms with E-state index in [1.807, 2.05) is 66.7 Å². The van der Waals surface area contributed by atoms with Gasteiger partial charge in [-0.1, -0.05) is 36.4 Å². The number of hydrogen-bond acceptors (Lipinski definition) is 3. The van der Waals surface area contributed by atoms with E-state index in [0.717, 1.165) is 16.6 Å². The molecule has 2 aromatic carbocycles. The Balaban J connectivity index is 1.72. The highest BCUT2D eigenvalue weighted by atomic mass is 16.3. The molecule has 0 spiro atoms. The van der Waals surface area contributed by atoms with E-state index in [9.17, 15) is 4.79 Å². The lowest BCUT2D eigenvalue weighted by Crippen LogP contribution is -2.30. The largest absolute Gasteiger partial charge is 0.451 e. The van der Waals surface area contributed by atoms with Gasteiger partial charge in [-0.15, -0.1) is 0 Å². The second kappa shape index (κ2) is 6.61. The monoisotopic (exact) mass is 328 g/mol. The minimum Gasteiger partial charge on any atom is -0.451 e. The molecular weight excluding hydrogens is 312 g/mol. The fourth-order valence-electron chi connectivity index (χ4n) is 2.78. The van der Waals surface area contributed by atoms with Gasteiger partial charge in [0.2, 0.25) is 0 Å². The Hall–Kier alpha value is -3.40. The van der Waals surface area contributed by atoms with E-state index in [-0.39, 0.29) is 5.91 Å². The molecule has 4 heteroatoms. The molecule has 0 saturated carbocycles. The number of hydrogen-bond donors (Lipinski definition) is 0. The highest BCUT2D eigenvalue weighted by Crippen LogP contribution is 2.24. The number of benzene rings is 2. The van der Waals surface area contributed by atoms with Gasteiger partial charge in [-0.25, -0.2) is 0 Å². The Bertz CT molecular complexity index is 961. The Morgan fingerprint density at radius 1 is 0.920 bits per heavy atom. The van der Waals surface area contributed by atoms with E-state index in [1.165, 1.54) is 0 Å². The third-order valence-corrected chi connectivity index (χ3v) is 4.04. The van der Waals surface area contributed by atoms with E-state index in [4.69, 9.17) is 4.42 Å². The molecule has 1 amide bonds. The van der Waals surface area contributed by atoms with Crippen molar-refractivity contribution in [3.8, 4) is 0 Å². The number of amides is 1. The standard InChI is InChI=1S/C21H16N2O2/c24-21(20-14-17-6-4-5-9-19(17)25-20)23(18-7-2-1-3-8-18)15-16-10-12-22-13-11-16/h1-14H,15H2. The molecular formula is C21H16N2O2. The molecule has 0 aliphatic heterocycles. The zero-order valence-electron chi connectivity index (χ0n) is 13.5. The van der Waals surface area contributed by atoms with E-state index < -0.39 is 0 Å². The minimum absolute atomic E-state index is 0.167. The maximum absolute atomic E-state index is 13.1. The number of anilines is 1. The van der Waals surface area contributed by atoms with Crippen molar-refractivity contribution < 1.29 is 9.21 Å². The molecule has 0 saturated heterocycles. The number of carbonyl (C=O) groups is 1. The van der Waals surface area contributed by atoms with E-state index in [1.54, 1.807) is 23.4 Å². The molecule has 0 aliphatic rings. The van der Waals surface area contributed by atoms with Crippen molar-refractivity contribution in [2.24, 2.45) is 0 Å². The number of nitrogens with zero attached hydrogens (tertiary/aromatic N) is 2. The summed E-state index contributed by atoms with van der Waals surface area (Å²) >= 11 is 0. The molecule has 0 atom stereocenters. The normalized spacial score (nSPS) is 10.7. The lowest BCUT2D eigenvalue weighted by atomic mass is 10.2. The van der Waals surface area contributed by atoms with Crippen LogP contribution in [-0.4, -0.2) is 10.9 Å². The molecule has 4 rings (SSSR count). The summed E-state index contributed by atoms with van der Waals surface area (Å²) in [5, 5.41) is 0.919. The van der Waals surface area contributed by atoms with Crippen molar-refractivity contribution in [3.05, 3.63) is 96.5 Å². The first-order chi connectivity index (χ1) is 12.3. The molecule has 0 fully saturated rings. The number of rotatable bonds is 4. The van der Waals surface area contributed by atoms with E-state index in [0.29, 0.717) is 17.9 Å². The van der Waals surface area contributed by atoms with Crippen molar-refractivity contribution in [1.82, 2.24) is 4.98 Å². The average Bonchev–Trinajstić information content (AvgIpc) is 3.11. The van der Waals surface area contributed by atoms with Crippen LogP contribution >= 0.6 is 0 Å². The van der Waals surface area contributed by atoms with Gasteiger partial charge in [0.15, 0.2) is 5.76 Å². The quantitative estimate of drug-likeness (QED) is 0.547. The Kier molecular flexibility index (Phi) is 4.01. The summed E-state index contributed by atoms with van der Waals surface area (Å²) in [4.78, 5) is 18.9. The molecule has 0 radical (unpaired) electrons. The summed E-state index contributed by atoms with van der Waals surface area (Å²) in [5.41, 5.74) is 2.54. The Labute approximate surface area is 145 Å². The SMILES string of the molecule is O=C(c1cc2ccccc2o1)N(Cc1ccncc1)c1ccccc1. The van der Waals surface area contributed by atoms with Gasteiger partial charge in [0.1, 0.15) is 5.58 Å². The summed E-state index contributed by atoms with van der Waals surface area (Å²) in [5.74, 6) is 0.165. The molecule has 4 aromatic rings. The number of pyridine rings is 1. The van der Waals surface area contributed by atoms with Crippen LogP contribution in [0.4, 0.5) is 5.69 Å². The summed E-state index contributed by atoms with van der Waals surface area (Å²) in [7, 11) is 0. The molecule has 2 heterocycles. The summed E-state index contributed by atoms with van der Waals surface area (Å²) < 4.78 is 5.77. The van der Waals surface area contributed by atoms with Crippen LogP contribution in [0.5, 0.6) is 0 Å². The van der Waals surface area contributed by atoms with Crippen LogP contribution in [0.2, 0.25) is 0 Å². The molecule has 0 N–H and O–H groups in total. The second-order valence-corrected chi connectivity index (χ2v) is 5.73. The lowest BCUT2D eigenvalue weighted by Gasteiger charge is -2.22. The average molecular weight is 328 g/mol. The topological polar surface area (TPSA) is 46.3 Å². The molecule has 4 nitrogen and oxygen atoms in total. The lowest BCUT2D eigenvalue weighted by molar-refractivity contribution is 0.0960. The Morgan fingerprint density at radius 3 is 2.40 bits per heavy atom. The fraction of sp³-hybridized carbons (Fsp3) is 0.0476. The predicted octanol–water partition coefficient (Wildman–Crippen LogP) is 4.67. The van der Waals surface area contributed by atoms with Crippen LogP contribution in [0, 0.1) is 0 Å². The Morgan fingerprint density at radius 2 is 1.64 bits per heavy atom. The van der Waals surface area contributed by atoms with Crippen molar-refractivity contribution in [1.29, 1.82) is 0 Å². The minimum atomic E-state index is -0.167. The van der Waals surface area contributed by atoms with Crippen LogP contribution in [0.15, 0.2) is 89.6 Å². The second-order valence-electron chi connectivity index (χ2n) is 5.73. The van der Waals surface area contributed by atoms with Gasteiger partial charge in [-0.3, -0.25) is 9.78 Å². The first-order valence-corrected chi connectivity index (χ1v) is 8.06. The predicted molar refractivity (Wildman–Crippen MR) is 97.4 cm³/mol. The summed E-state index contributed by atoms with van der Waals surface area (Å²) in [6, 6.07) is 22.8. The van der Waals surface area contributed by atoms with Crippen LogP contribution < -0.4 is 4.90 Å². The third-order valence-electron chi connectivity index (χ3n) is 4.04. The van der Waals surface area contributed by atoms with E-state index >= 15 is 0 Å². The van der Waals surface area contributed by atoms with Gasteiger partial charge in [-0.05, 0) is 42.0 Å². The highest BCUT2D eigenvalue weighted by Gasteiger charge is 2.21.